The summed E-state index contributed by atoms with van der Waals surface area (Å²) in [6.07, 6.45) is 6.63. The number of rotatable bonds is 5. The number of hydrogen-bond donors (Lipinski definition) is 0. The summed E-state index contributed by atoms with van der Waals surface area (Å²) >= 11 is 0. The third-order valence-electron chi connectivity index (χ3n) is 6.56. The Morgan fingerprint density at radius 3 is 2.15 bits per heavy atom. The van der Waals surface area contributed by atoms with Gasteiger partial charge in [0.15, 0.2) is 6.61 Å². The standard InChI is InChI=1S/C21H26FNO3/c1-23(12-14-2-4-18(22)5-3-14)19(24)13-26-20(25)21-9-15-6-16(10-21)8-17(7-15)11-21/h2-5,15-17H,6-13H2,1H3. The van der Waals surface area contributed by atoms with E-state index in [-0.39, 0.29) is 29.7 Å². The van der Waals surface area contributed by atoms with Gasteiger partial charge in [-0.1, -0.05) is 12.1 Å². The summed E-state index contributed by atoms with van der Waals surface area (Å²) in [5.41, 5.74) is 0.513. The van der Waals surface area contributed by atoms with Crippen LogP contribution >= 0.6 is 0 Å². The average Bonchev–Trinajstić information content (AvgIpc) is 2.60. The topological polar surface area (TPSA) is 46.6 Å². The summed E-state index contributed by atoms with van der Waals surface area (Å²) in [5.74, 6) is 1.32. The maximum Gasteiger partial charge on any atom is 0.312 e. The largest absolute Gasteiger partial charge is 0.455 e. The molecular formula is C21H26FNO3. The molecule has 0 atom stereocenters. The minimum atomic E-state index is -0.329. The molecule has 4 saturated carbocycles. The molecule has 5 rings (SSSR count). The number of carbonyl (C=O) groups is 2. The smallest absolute Gasteiger partial charge is 0.312 e. The monoisotopic (exact) mass is 359 g/mol. The van der Waals surface area contributed by atoms with Crippen molar-refractivity contribution in [3.05, 3.63) is 35.6 Å². The van der Waals surface area contributed by atoms with Crippen LogP contribution < -0.4 is 0 Å². The zero-order valence-corrected chi connectivity index (χ0v) is 15.2. The maximum absolute atomic E-state index is 13.0. The SMILES string of the molecule is CN(Cc1ccc(F)cc1)C(=O)COC(=O)C12CC3CC(CC(C3)C1)C2. The van der Waals surface area contributed by atoms with Crippen molar-refractivity contribution >= 4 is 11.9 Å². The molecule has 4 aliphatic carbocycles. The minimum absolute atomic E-state index is 0.167. The fraction of sp³-hybridized carbons (Fsp3) is 0.619. The number of hydrogen-bond acceptors (Lipinski definition) is 3. The number of amides is 1. The number of ether oxygens (including phenoxy) is 1. The van der Waals surface area contributed by atoms with Crippen LogP contribution in [0.15, 0.2) is 24.3 Å². The van der Waals surface area contributed by atoms with E-state index >= 15 is 0 Å². The van der Waals surface area contributed by atoms with Crippen molar-refractivity contribution in [3.8, 4) is 0 Å². The second-order valence-corrected chi connectivity index (χ2v) is 8.65. The molecule has 4 fully saturated rings. The van der Waals surface area contributed by atoms with Gasteiger partial charge in [-0.25, -0.2) is 4.39 Å². The van der Waals surface area contributed by atoms with E-state index in [2.05, 4.69) is 0 Å². The lowest BCUT2D eigenvalue weighted by atomic mass is 9.49. The summed E-state index contributed by atoms with van der Waals surface area (Å²) in [7, 11) is 1.67. The highest BCUT2D eigenvalue weighted by molar-refractivity contribution is 5.83. The van der Waals surface area contributed by atoms with Crippen LogP contribution in [-0.2, 0) is 20.9 Å². The Morgan fingerprint density at radius 2 is 1.62 bits per heavy atom. The Hall–Kier alpha value is -1.91. The second kappa shape index (κ2) is 6.67. The molecule has 0 aromatic heterocycles. The van der Waals surface area contributed by atoms with Crippen LogP contribution in [0.3, 0.4) is 0 Å². The van der Waals surface area contributed by atoms with Crippen molar-refractivity contribution < 1.29 is 18.7 Å². The Morgan fingerprint density at radius 1 is 1.08 bits per heavy atom. The van der Waals surface area contributed by atoms with Gasteiger partial charge >= 0.3 is 5.97 Å². The van der Waals surface area contributed by atoms with Gasteiger partial charge in [-0.05, 0) is 74.0 Å². The zero-order chi connectivity index (χ0) is 18.3. The summed E-state index contributed by atoms with van der Waals surface area (Å²) in [5, 5.41) is 0. The first-order valence-electron chi connectivity index (χ1n) is 9.59. The van der Waals surface area contributed by atoms with Gasteiger partial charge in [0.05, 0.1) is 5.41 Å². The molecule has 0 heterocycles. The molecule has 0 aliphatic heterocycles. The van der Waals surface area contributed by atoms with Crippen LogP contribution in [0.25, 0.3) is 0 Å². The number of nitrogens with zero attached hydrogens (tertiary/aromatic N) is 1. The van der Waals surface area contributed by atoms with Gasteiger partial charge in [0.25, 0.3) is 5.91 Å². The minimum Gasteiger partial charge on any atom is -0.455 e. The summed E-state index contributed by atoms with van der Waals surface area (Å²) in [6, 6.07) is 6.06. The van der Waals surface area contributed by atoms with Crippen LogP contribution in [0, 0.1) is 29.0 Å². The Balaban J connectivity index is 1.31. The summed E-state index contributed by atoms with van der Waals surface area (Å²) in [6.45, 7) is 0.159. The number of halogens is 1. The predicted octanol–water partition coefficient (Wildman–Crippen LogP) is 3.54. The van der Waals surface area contributed by atoms with Crippen molar-refractivity contribution in [2.45, 2.75) is 45.1 Å². The highest BCUT2D eigenvalue weighted by atomic mass is 19.1. The second-order valence-electron chi connectivity index (χ2n) is 8.65. The van der Waals surface area contributed by atoms with Crippen LogP contribution in [0.5, 0.6) is 0 Å². The van der Waals surface area contributed by atoms with Gasteiger partial charge in [0.1, 0.15) is 5.82 Å². The van der Waals surface area contributed by atoms with Crippen molar-refractivity contribution in [2.75, 3.05) is 13.7 Å². The molecule has 26 heavy (non-hydrogen) atoms. The number of benzene rings is 1. The molecule has 1 amide bonds. The van der Waals surface area contributed by atoms with Crippen molar-refractivity contribution in [2.24, 2.45) is 23.2 Å². The predicted molar refractivity (Wildman–Crippen MR) is 94.4 cm³/mol. The molecule has 0 radical (unpaired) electrons. The van der Waals surface area contributed by atoms with Gasteiger partial charge < -0.3 is 9.64 Å². The third kappa shape index (κ3) is 3.36. The van der Waals surface area contributed by atoms with Gasteiger partial charge in [-0.2, -0.15) is 0 Å². The highest BCUT2D eigenvalue weighted by Crippen LogP contribution is 2.60. The van der Waals surface area contributed by atoms with Gasteiger partial charge in [-0.3, -0.25) is 9.59 Å². The van der Waals surface area contributed by atoms with E-state index in [1.807, 2.05) is 0 Å². The van der Waals surface area contributed by atoms with Crippen molar-refractivity contribution in [1.29, 1.82) is 0 Å². The van der Waals surface area contributed by atoms with E-state index in [4.69, 9.17) is 4.74 Å². The van der Waals surface area contributed by atoms with Crippen LogP contribution in [0.2, 0.25) is 0 Å². The lowest BCUT2D eigenvalue weighted by molar-refractivity contribution is -0.174. The molecule has 140 valence electrons. The van der Waals surface area contributed by atoms with E-state index in [9.17, 15) is 14.0 Å². The molecule has 0 saturated heterocycles. The first-order chi connectivity index (χ1) is 12.4. The van der Waals surface area contributed by atoms with E-state index in [0.29, 0.717) is 24.3 Å². The molecule has 5 heteroatoms. The number of esters is 1. The molecule has 4 nitrogen and oxygen atoms in total. The summed E-state index contributed by atoms with van der Waals surface area (Å²) in [4.78, 5) is 26.6. The molecule has 1 aromatic carbocycles. The Labute approximate surface area is 153 Å². The molecular weight excluding hydrogens is 333 g/mol. The van der Waals surface area contributed by atoms with Crippen LogP contribution in [0.4, 0.5) is 4.39 Å². The van der Waals surface area contributed by atoms with Gasteiger partial charge in [0, 0.05) is 13.6 Å². The first kappa shape index (κ1) is 17.5. The van der Waals surface area contributed by atoms with Crippen LogP contribution in [-0.4, -0.2) is 30.4 Å². The molecule has 1 aromatic rings. The Kier molecular flexibility index (Phi) is 4.49. The normalized spacial score (nSPS) is 31.7. The summed E-state index contributed by atoms with van der Waals surface area (Å²) < 4.78 is 18.4. The molecule has 4 aliphatic rings. The van der Waals surface area contributed by atoms with Crippen LogP contribution in [0.1, 0.15) is 44.1 Å². The van der Waals surface area contributed by atoms with Crippen molar-refractivity contribution in [3.63, 3.8) is 0 Å². The van der Waals surface area contributed by atoms with E-state index < -0.39 is 0 Å². The van der Waals surface area contributed by atoms with Crippen molar-refractivity contribution in [1.82, 2.24) is 4.90 Å². The fourth-order valence-electron chi connectivity index (χ4n) is 5.70. The van der Waals surface area contributed by atoms with E-state index in [1.54, 1.807) is 19.2 Å². The quantitative estimate of drug-likeness (QED) is 0.756. The number of carbonyl (C=O) groups excluding carboxylic acids is 2. The molecule has 4 bridgehead atoms. The average molecular weight is 359 g/mol. The first-order valence-corrected chi connectivity index (χ1v) is 9.59. The molecule has 0 spiro atoms. The Bertz CT molecular complexity index is 664. The third-order valence-corrected chi connectivity index (χ3v) is 6.56. The number of likely N-dealkylation sites (N-methyl/N-ethyl adjacent to an activating group) is 1. The van der Waals surface area contributed by atoms with Gasteiger partial charge in [0.2, 0.25) is 0 Å². The molecule has 0 N–H and O–H groups in total. The maximum atomic E-state index is 13.0. The fourth-order valence-corrected chi connectivity index (χ4v) is 5.70. The van der Waals surface area contributed by atoms with E-state index in [1.165, 1.54) is 36.3 Å². The lowest BCUT2D eigenvalue weighted by Crippen LogP contribution is -2.51. The molecule has 0 unspecified atom stereocenters. The highest BCUT2D eigenvalue weighted by Gasteiger charge is 2.55. The zero-order valence-electron chi connectivity index (χ0n) is 15.2. The van der Waals surface area contributed by atoms with Gasteiger partial charge in [-0.15, -0.1) is 0 Å². The lowest BCUT2D eigenvalue weighted by Gasteiger charge is -2.55. The van der Waals surface area contributed by atoms with E-state index in [0.717, 1.165) is 24.8 Å².